The Hall–Kier alpha value is -1.17. The molecule has 7 heteroatoms. The highest BCUT2D eigenvalue weighted by Gasteiger charge is 2.23. The average Bonchev–Trinajstić information content (AvgIpc) is 2.26. The Labute approximate surface area is 98.9 Å². The van der Waals surface area contributed by atoms with Gasteiger partial charge in [0.1, 0.15) is 0 Å². The zero-order valence-electron chi connectivity index (χ0n) is 8.91. The normalized spacial score (nSPS) is 20.3. The Bertz CT molecular complexity index is 262. The van der Waals surface area contributed by atoms with E-state index in [9.17, 15) is 9.59 Å². The fourth-order valence-electron chi connectivity index (χ4n) is 1.67. The van der Waals surface area contributed by atoms with Crippen molar-refractivity contribution in [2.45, 2.75) is 18.9 Å². The van der Waals surface area contributed by atoms with Crippen LogP contribution in [-0.4, -0.2) is 53.7 Å². The molecule has 6 nitrogen and oxygen atoms in total. The topological polar surface area (TPSA) is 81.7 Å². The van der Waals surface area contributed by atoms with Crippen LogP contribution in [0.4, 0.5) is 9.59 Å². The van der Waals surface area contributed by atoms with E-state index in [1.807, 2.05) is 0 Å². The summed E-state index contributed by atoms with van der Waals surface area (Å²) in [5, 5.41) is 14.1. The molecule has 0 spiro atoms. The molecule has 0 radical (unpaired) electrons. The van der Waals surface area contributed by atoms with Crippen LogP contribution in [0.15, 0.2) is 0 Å². The minimum absolute atomic E-state index is 0.111. The predicted molar refractivity (Wildman–Crippen MR) is 59.9 cm³/mol. The first-order valence-corrected chi connectivity index (χ1v) is 5.75. The molecule has 1 heterocycles. The summed E-state index contributed by atoms with van der Waals surface area (Å²) in [5.74, 6) is 0.360. The molecule has 0 aliphatic carbocycles. The molecule has 1 aliphatic rings. The van der Waals surface area contributed by atoms with Gasteiger partial charge in [0.15, 0.2) is 0 Å². The minimum atomic E-state index is -0.937. The van der Waals surface area contributed by atoms with Crippen molar-refractivity contribution in [3.8, 4) is 0 Å². The summed E-state index contributed by atoms with van der Waals surface area (Å²) in [7, 11) is 0. The lowest BCUT2D eigenvalue weighted by Gasteiger charge is -2.31. The van der Waals surface area contributed by atoms with Gasteiger partial charge in [0.25, 0.3) is 0 Å². The van der Waals surface area contributed by atoms with Crippen LogP contribution in [0, 0.1) is 0 Å². The lowest BCUT2D eigenvalue weighted by molar-refractivity contribution is 0.126. The van der Waals surface area contributed by atoms with E-state index >= 15 is 0 Å². The molecule has 0 saturated carbocycles. The van der Waals surface area contributed by atoms with E-state index in [0.717, 1.165) is 12.8 Å². The number of piperidine rings is 1. The molecule has 1 saturated heterocycles. The van der Waals surface area contributed by atoms with E-state index < -0.39 is 6.09 Å². The first-order chi connectivity index (χ1) is 7.63. The summed E-state index contributed by atoms with van der Waals surface area (Å²) in [6, 6.07) is -0.405. The summed E-state index contributed by atoms with van der Waals surface area (Å²) < 4.78 is 0. The zero-order valence-corrected chi connectivity index (χ0v) is 9.66. The van der Waals surface area contributed by atoms with E-state index in [0.29, 0.717) is 25.5 Å². The van der Waals surface area contributed by atoms with Gasteiger partial charge < -0.3 is 20.6 Å². The molecule has 1 rings (SSSR count). The van der Waals surface area contributed by atoms with E-state index in [-0.39, 0.29) is 12.1 Å². The van der Waals surface area contributed by atoms with Crippen LogP contribution in [0.2, 0.25) is 0 Å². The lowest BCUT2D eigenvalue weighted by atomic mass is 10.1. The van der Waals surface area contributed by atoms with Gasteiger partial charge in [-0.25, -0.2) is 9.59 Å². The summed E-state index contributed by atoms with van der Waals surface area (Å²) in [6.07, 6.45) is 0.637. The number of alkyl halides is 1. The number of nitrogens with zero attached hydrogens (tertiary/aromatic N) is 1. The van der Waals surface area contributed by atoms with Crippen LogP contribution in [0.1, 0.15) is 12.8 Å². The molecule has 0 aromatic heterocycles. The van der Waals surface area contributed by atoms with Crippen LogP contribution in [0.5, 0.6) is 0 Å². The van der Waals surface area contributed by atoms with Crippen molar-refractivity contribution >= 4 is 23.7 Å². The van der Waals surface area contributed by atoms with Gasteiger partial charge in [0.05, 0.1) is 0 Å². The Kier molecular flexibility index (Phi) is 5.18. The Morgan fingerprint density at radius 1 is 1.50 bits per heavy atom. The predicted octanol–water partition coefficient (Wildman–Crippen LogP) is 0.667. The maximum atomic E-state index is 11.3. The second kappa shape index (κ2) is 6.42. The van der Waals surface area contributed by atoms with Crippen LogP contribution in [-0.2, 0) is 0 Å². The first-order valence-electron chi connectivity index (χ1n) is 5.21. The van der Waals surface area contributed by atoms with Gasteiger partial charge in [-0.2, -0.15) is 0 Å². The van der Waals surface area contributed by atoms with Crippen molar-refractivity contribution in [3.05, 3.63) is 0 Å². The van der Waals surface area contributed by atoms with Gasteiger partial charge in [-0.3, -0.25) is 0 Å². The number of hydrogen-bond donors (Lipinski definition) is 3. The van der Waals surface area contributed by atoms with E-state index in [2.05, 4.69) is 10.6 Å². The third-order valence-corrected chi connectivity index (χ3v) is 2.60. The fourth-order valence-corrected chi connectivity index (χ4v) is 1.76. The molecule has 3 N–H and O–H groups in total. The first kappa shape index (κ1) is 12.9. The van der Waals surface area contributed by atoms with Crippen molar-refractivity contribution in [2.24, 2.45) is 0 Å². The monoisotopic (exact) mass is 249 g/mol. The maximum absolute atomic E-state index is 11.3. The number of urea groups is 1. The molecule has 0 aromatic carbocycles. The molecule has 1 atom stereocenters. The van der Waals surface area contributed by atoms with Gasteiger partial charge in [-0.05, 0) is 12.8 Å². The number of nitrogens with one attached hydrogen (secondary N) is 2. The van der Waals surface area contributed by atoms with E-state index in [4.69, 9.17) is 16.7 Å². The number of likely N-dealkylation sites (tertiary alicyclic amines) is 1. The van der Waals surface area contributed by atoms with Crippen molar-refractivity contribution in [3.63, 3.8) is 0 Å². The van der Waals surface area contributed by atoms with Crippen LogP contribution >= 0.6 is 11.6 Å². The van der Waals surface area contributed by atoms with E-state index in [1.165, 1.54) is 4.90 Å². The fraction of sp³-hybridized carbons (Fsp3) is 0.778. The van der Waals surface area contributed by atoms with Gasteiger partial charge in [0, 0.05) is 31.6 Å². The third-order valence-electron chi connectivity index (χ3n) is 2.41. The molecule has 0 aromatic rings. The summed E-state index contributed by atoms with van der Waals surface area (Å²) >= 11 is 5.42. The van der Waals surface area contributed by atoms with Crippen LogP contribution in [0.3, 0.4) is 0 Å². The number of carbonyl (C=O) groups excluding carboxylic acids is 1. The Balaban J connectivity index is 2.31. The molecule has 1 aliphatic heterocycles. The number of hydrogen-bond acceptors (Lipinski definition) is 2. The highest BCUT2D eigenvalue weighted by molar-refractivity contribution is 6.18. The van der Waals surface area contributed by atoms with Gasteiger partial charge in [0.2, 0.25) is 0 Å². The molecular weight excluding hydrogens is 234 g/mol. The molecule has 1 fully saturated rings. The molecule has 0 unspecified atom stereocenters. The Morgan fingerprint density at radius 3 is 2.88 bits per heavy atom. The molecular formula is C9H16ClN3O3. The third kappa shape index (κ3) is 4.14. The van der Waals surface area contributed by atoms with Crippen molar-refractivity contribution in [2.75, 3.05) is 25.5 Å². The van der Waals surface area contributed by atoms with Crippen LogP contribution < -0.4 is 10.6 Å². The number of carboxylic acid groups (broad SMARTS) is 1. The summed E-state index contributed by atoms with van der Waals surface area (Å²) in [4.78, 5) is 23.4. The van der Waals surface area contributed by atoms with Crippen molar-refractivity contribution in [1.29, 1.82) is 0 Å². The zero-order chi connectivity index (χ0) is 12.0. The highest BCUT2D eigenvalue weighted by atomic mass is 35.5. The highest BCUT2D eigenvalue weighted by Crippen LogP contribution is 2.09. The number of rotatable bonds is 3. The van der Waals surface area contributed by atoms with Gasteiger partial charge >= 0.3 is 12.1 Å². The largest absolute Gasteiger partial charge is 0.465 e. The smallest absolute Gasteiger partial charge is 0.407 e. The number of carbonyl (C=O) groups is 2. The second-order valence-corrected chi connectivity index (χ2v) is 4.03. The summed E-state index contributed by atoms with van der Waals surface area (Å²) in [6.45, 7) is 1.29. The van der Waals surface area contributed by atoms with Crippen molar-refractivity contribution in [1.82, 2.24) is 15.5 Å². The van der Waals surface area contributed by atoms with Crippen molar-refractivity contribution < 1.29 is 14.7 Å². The number of amides is 3. The SMILES string of the molecule is O=C(NCCCl)N[C@@H]1CCCN(C(=O)O)C1. The minimum Gasteiger partial charge on any atom is -0.465 e. The van der Waals surface area contributed by atoms with Gasteiger partial charge in [-0.1, -0.05) is 0 Å². The van der Waals surface area contributed by atoms with E-state index in [1.54, 1.807) is 0 Å². The molecule has 16 heavy (non-hydrogen) atoms. The molecule has 0 bridgehead atoms. The quantitative estimate of drug-likeness (QED) is 0.643. The summed E-state index contributed by atoms with van der Waals surface area (Å²) in [5.41, 5.74) is 0. The lowest BCUT2D eigenvalue weighted by Crippen LogP contribution is -2.51. The standard InChI is InChI=1S/C9H16ClN3O3/c10-3-4-11-8(14)12-7-2-1-5-13(6-7)9(15)16/h7H,1-6H2,(H,15,16)(H2,11,12,14)/t7-/m1/s1. The number of halogens is 1. The molecule has 92 valence electrons. The van der Waals surface area contributed by atoms with Crippen LogP contribution in [0.25, 0.3) is 0 Å². The molecule has 3 amide bonds. The average molecular weight is 250 g/mol. The maximum Gasteiger partial charge on any atom is 0.407 e. The van der Waals surface area contributed by atoms with Gasteiger partial charge in [-0.15, -0.1) is 11.6 Å². The second-order valence-electron chi connectivity index (χ2n) is 3.66. The Morgan fingerprint density at radius 2 is 2.25 bits per heavy atom.